The normalized spacial score (nSPS) is 17.5. The maximum absolute atomic E-state index is 4.83. The lowest BCUT2D eigenvalue weighted by Gasteiger charge is -2.29. The van der Waals surface area contributed by atoms with E-state index in [4.69, 9.17) is 9.97 Å². The molecule has 2 N–H and O–H groups in total. The van der Waals surface area contributed by atoms with Crippen molar-refractivity contribution in [2.45, 2.75) is 89.5 Å². The van der Waals surface area contributed by atoms with Crippen LogP contribution in [0.25, 0.3) is 10.9 Å². The summed E-state index contributed by atoms with van der Waals surface area (Å²) in [4.78, 5) is 11.7. The summed E-state index contributed by atoms with van der Waals surface area (Å²) < 4.78 is 0. The molecule has 1 fully saturated rings. The highest BCUT2D eigenvalue weighted by Crippen LogP contribution is 2.28. The van der Waals surface area contributed by atoms with E-state index < -0.39 is 0 Å². The Morgan fingerprint density at radius 3 is 2.13 bits per heavy atom. The van der Waals surface area contributed by atoms with Crippen molar-refractivity contribution in [1.82, 2.24) is 15.3 Å². The molecule has 0 radical (unpaired) electrons. The monoisotopic (exact) mass is 515 g/mol. The van der Waals surface area contributed by atoms with Gasteiger partial charge in [0.05, 0.1) is 5.52 Å². The molecule has 0 atom stereocenters. The summed E-state index contributed by atoms with van der Waals surface area (Å²) in [7, 11) is 4.10. The second-order valence-electron chi connectivity index (χ2n) is 11.4. The van der Waals surface area contributed by atoms with Crippen molar-refractivity contribution < 1.29 is 0 Å². The molecule has 1 heterocycles. The maximum Gasteiger partial charge on any atom is 0.225 e. The molecule has 4 rings (SSSR count). The van der Waals surface area contributed by atoms with E-state index >= 15 is 0 Å². The fraction of sp³-hybridized carbons (Fsp3) is 0.576. The van der Waals surface area contributed by atoms with Crippen LogP contribution >= 0.6 is 0 Å². The van der Waals surface area contributed by atoms with Crippen molar-refractivity contribution in [3.63, 3.8) is 0 Å². The molecule has 0 spiro atoms. The van der Waals surface area contributed by atoms with Gasteiger partial charge in [0.25, 0.3) is 0 Å². The van der Waals surface area contributed by atoms with Crippen LogP contribution in [0.1, 0.15) is 82.6 Å². The first-order valence-corrected chi connectivity index (χ1v) is 15.1. The molecule has 1 aliphatic rings. The van der Waals surface area contributed by atoms with Crippen LogP contribution in [0.5, 0.6) is 0 Å². The third-order valence-corrected chi connectivity index (χ3v) is 8.03. The second kappa shape index (κ2) is 15.7. The third-order valence-electron chi connectivity index (χ3n) is 8.03. The third kappa shape index (κ3) is 9.27. The number of hydrogen-bond acceptors (Lipinski definition) is 5. The fourth-order valence-electron chi connectivity index (χ4n) is 5.75. The Bertz CT molecular complexity index is 1060. The van der Waals surface area contributed by atoms with Gasteiger partial charge >= 0.3 is 0 Å². The van der Waals surface area contributed by atoms with Crippen LogP contribution in [0.15, 0.2) is 54.6 Å². The Hall–Kier alpha value is -2.66. The van der Waals surface area contributed by atoms with E-state index in [0.717, 1.165) is 28.6 Å². The second-order valence-corrected chi connectivity index (χ2v) is 11.4. The molecule has 0 bridgehead atoms. The average Bonchev–Trinajstić information content (AvgIpc) is 2.94. The minimum atomic E-state index is 0.473. The Balaban J connectivity index is 1.01. The van der Waals surface area contributed by atoms with Crippen LogP contribution < -0.4 is 15.5 Å². The van der Waals surface area contributed by atoms with Crippen molar-refractivity contribution in [3.8, 4) is 0 Å². The number of para-hydroxylation sites is 1. The van der Waals surface area contributed by atoms with Crippen molar-refractivity contribution in [2.24, 2.45) is 5.92 Å². The SMILES string of the molecule is CN(C)c1nc(N[C@H]2CC[C@@H](CNCCCCCCCCCCc3ccccc3)CC2)nc2ccccc12. The van der Waals surface area contributed by atoms with Crippen LogP contribution in [0, 0.1) is 5.92 Å². The first-order valence-electron chi connectivity index (χ1n) is 15.1. The fourth-order valence-corrected chi connectivity index (χ4v) is 5.75. The van der Waals surface area contributed by atoms with Gasteiger partial charge in [-0.2, -0.15) is 4.98 Å². The van der Waals surface area contributed by atoms with Gasteiger partial charge in [-0.1, -0.05) is 81.0 Å². The molecule has 5 nitrogen and oxygen atoms in total. The van der Waals surface area contributed by atoms with Crippen molar-refractivity contribution >= 4 is 22.7 Å². The molecule has 5 heteroatoms. The van der Waals surface area contributed by atoms with Crippen LogP contribution in [0.4, 0.5) is 11.8 Å². The lowest BCUT2D eigenvalue weighted by atomic mass is 9.86. The molecule has 1 saturated carbocycles. The zero-order valence-electron chi connectivity index (χ0n) is 23.8. The van der Waals surface area contributed by atoms with Gasteiger partial charge in [0.15, 0.2) is 0 Å². The van der Waals surface area contributed by atoms with Gasteiger partial charge in [-0.05, 0) is 81.6 Å². The summed E-state index contributed by atoms with van der Waals surface area (Å²) in [6.07, 6.45) is 17.2. The number of hydrogen-bond donors (Lipinski definition) is 2. The smallest absolute Gasteiger partial charge is 0.225 e. The highest BCUT2D eigenvalue weighted by Gasteiger charge is 2.22. The molecule has 1 aromatic heterocycles. The number of nitrogens with one attached hydrogen (secondary N) is 2. The van der Waals surface area contributed by atoms with Crippen molar-refractivity contribution in [3.05, 3.63) is 60.2 Å². The number of anilines is 2. The lowest BCUT2D eigenvalue weighted by molar-refractivity contribution is 0.323. The number of unbranched alkanes of at least 4 members (excludes halogenated alkanes) is 7. The molecule has 3 aromatic rings. The molecule has 0 unspecified atom stereocenters. The maximum atomic E-state index is 4.83. The molecule has 206 valence electrons. The van der Waals surface area contributed by atoms with Crippen LogP contribution in [0.3, 0.4) is 0 Å². The van der Waals surface area contributed by atoms with E-state index in [-0.39, 0.29) is 0 Å². The summed E-state index contributed by atoms with van der Waals surface area (Å²) >= 11 is 0. The number of aromatic nitrogens is 2. The van der Waals surface area contributed by atoms with Gasteiger partial charge < -0.3 is 15.5 Å². The standard InChI is InChI=1S/C33H49N5/c1-38(2)32-30-19-13-14-20-31(30)36-33(37-32)35-29-23-21-28(22-24-29)26-34-25-15-8-6-4-3-5-7-10-16-27-17-11-9-12-18-27/h9,11-14,17-20,28-29,34H,3-8,10,15-16,21-26H2,1-2H3,(H,35,36,37)/t28-,29+. The summed E-state index contributed by atoms with van der Waals surface area (Å²) in [6.45, 7) is 2.35. The quantitative estimate of drug-likeness (QED) is 0.192. The molecule has 0 saturated heterocycles. The van der Waals surface area contributed by atoms with E-state index in [0.29, 0.717) is 6.04 Å². The molecule has 38 heavy (non-hydrogen) atoms. The van der Waals surface area contributed by atoms with Gasteiger partial charge in [0.2, 0.25) is 5.95 Å². The Labute approximate surface area is 230 Å². The summed E-state index contributed by atoms with van der Waals surface area (Å²) in [6, 6.07) is 19.7. The van der Waals surface area contributed by atoms with Gasteiger partial charge in [-0.25, -0.2) is 4.98 Å². The van der Waals surface area contributed by atoms with Gasteiger partial charge in [0, 0.05) is 25.5 Å². The molecule has 0 aliphatic heterocycles. The Kier molecular flexibility index (Phi) is 11.7. The van der Waals surface area contributed by atoms with Crippen molar-refractivity contribution in [2.75, 3.05) is 37.4 Å². The van der Waals surface area contributed by atoms with E-state index in [1.54, 1.807) is 0 Å². The number of fused-ring (bicyclic) bond motifs is 1. The summed E-state index contributed by atoms with van der Waals surface area (Å²) in [5.74, 6) is 2.55. The van der Waals surface area contributed by atoms with Crippen LogP contribution in [-0.4, -0.2) is 43.2 Å². The van der Waals surface area contributed by atoms with Gasteiger partial charge in [-0.15, -0.1) is 0 Å². The minimum absolute atomic E-state index is 0.473. The average molecular weight is 516 g/mol. The predicted octanol–water partition coefficient (Wildman–Crippen LogP) is 7.62. The highest BCUT2D eigenvalue weighted by molar-refractivity contribution is 5.90. The van der Waals surface area contributed by atoms with E-state index in [2.05, 4.69) is 64.1 Å². The van der Waals surface area contributed by atoms with E-state index in [1.807, 2.05) is 20.2 Å². The van der Waals surface area contributed by atoms with E-state index in [1.165, 1.54) is 102 Å². The van der Waals surface area contributed by atoms with Crippen LogP contribution in [-0.2, 0) is 6.42 Å². The number of aryl methyl sites for hydroxylation is 1. The Morgan fingerprint density at radius 2 is 1.39 bits per heavy atom. The number of rotatable bonds is 16. The van der Waals surface area contributed by atoms with Gasteiger partial charge in [0.1, 0.15) is 5.82 Å². The van der Waals surface area contributed by atoms with Crippen molar-refractivity contribution in [1.29, 1.82) is 0 Å². The first kappa shape index (κ1) is 28.4. The zero-order valence-corrected chi connectivity index (χ0v) is 23.8. The number of benzene rings is 2. The summed E-state index contributed by atoms with van der Waals surface area (Å²) in [5, 5.41) is 8.49. The van der Waals surface area contributed by atoms with Crippen LogP contribution in [0.2, 0.25) is 0 Å². The number of nitrogens with zero attached hydrogens (tertiary/aromatic N) is 3. The molecule has 1 aliphatic carbocycles. The highest BCUT2D eigenvalue weighted by atomic mass is 15.2. The topological polar surface area (TPSA) is 53.1 Å². The molecular formula is C33H49N5. The predicted molar refractivity (Wildman–Crippen MR) is 163 cm³/mol. The Morgan fingerprint density at radius 1 is 0.737 bits per heavy atom. The minimum Gasteiger partial charge on any atom is -0.362 e. The molecule has 2 aromatic carbocycles. The zero-order chi connectivity index (χ0) is 26.4. The largest absolute Gasteiger partial charge is 0.362 e. The van der Waals surface area contributed by atoms with Gasteiger partial charge in [-0.3, -0.25) is 0 Å². The first-order chi connectivity index (χ1) is 18.7. The molecule has 0 amide bonds. The lowest BCUT2D eigenvalue weighted by Crippen LogP contribution is -2.32. The summed E-state index contributed by atoms with van der Waals surface area (Å²) in [5.41, 5.74) is 2.49. The molecular weight excluding hydrogens is 466 g/mol. The van der Waals surface area contributed by atoms with E-state index in [9.17, 15) is 0 Å².